The minimum Gasteiger partial charge on any atom is -0.323 e. The summed E-state index contributed by atoms with van der Waals surface area (Å²) in [5.41, 5.74) is 24.2. The van der Waals surface area contributed by atoms with E-state index in [4.69, 9.17) is 38.2 Å². The molecule has 0 aliphatic carbocycles. The first-order chi connectivity index (χ1) is 53.6. The van der Waals surface area contributed by atoms with Crippen LogP contribution in [0.4, 0.5) is 46.5 Å². The molecule has 16 rings (SSSR count). The van der Waals surface area contributed by atoms with Crippen LogP contribution in [0.25, 0.3) is 88.6 Å². The lowest BCUT2D eigenvalue weighted by Crippen LogP contribution is -2.01. The van der Waals surface area contributed by atoms with Crippen LogP contribution in [0, 0.1) is 41.5 Å². The van der Waals surface area contributed by atoms with Gasteiger partial charge >= 0.3 is 0 Å². The van der Waals surface area contributed by atoms with Crippen molar-refractivity contribution in [2.75, 3.05) is 21.3 Å². The summed E-state index contributed by atoms with van der Waals surface area (Å²) >= 11 is 13.1. The lowest BCUT2D eigenvalue weighted by Gasteiger charge is -2.11. The van der Waals surface area contributed by atoms with Crippen LogP contribution in [0.5, 0.6) is 0 Å². The van der Waals surface area contributed by atoms with Crippen LogP contribution < -0.4 is 21.3 Å². The average molecular weight is 1530 g/mol. The minimum atomic E-state index is 0.365. The second-order valence-corrected chi connectivity index (χ2v) is 29.4. The number of aryl methyl sites for hydroxylation is 10. The first kappa shape index (κ1) is 77.3. The summed E-state index contributed by atoms with van der Waals surface area (Å²) < 4.78 is 7.16. The van der Waals surface area contributed by atoms with Crippen LogP contribution in [0.1, 0.15) is 135 Å². The van der Waals surface area contributed by atoms with Crippen molar-refractivity contribution in [3.05, 3.63) is 213 Å². The standard InChI is InChI=1S/2C21H23N7.2C20H20ClN7/c1-12(2)15-8-21(26-22-10-15)25-20-7-6-18-19(24-20)9-16(13(3)23-18)17-11-28(5)27-14(17)4;1-12(2)15-8-20(26-23-9-15)24-19-7-6-18-21(25-19)13(3)16(10-22-18)17-11-28(5)27-14(17)4;1-11(2)13-7-19(26-22-9-13)25-18-6-5-16-17(23-18)8-14(20(21)24-16)15-10-28(4)27-12(15)3;1-11(2)13-7-18(26-23-8-13)24-17-6-5-16-20(25-17)19(21)14(9-22-16)15-10-28(4)27-12(15)3/h2*6-12H,1-5H3,(H,24,25,26);5-11H,1-4H3,(H,23,25,26);5-11H,1-4H3,(H,24,25,26). The molecule has 0 aliphatic rings. The Hall–Kier alpha value is -12.8. The molecule has 16 aromatic rings. The van der Waals surface area contributed by atoms with Gasteiger partial charge in [-0.15, -0.1) is 20.4 Å². The van der Waals surface area contributed by atoms with Gasteiger partial charge in [0.15, 0.2) is 23.3 Å². The van der Waals surface area contributed by atoms with E-state index in [0.717, 1.165) is 139 Å². The zero-order chi connectivity index (χ0) is 79.3. The number of nitrogens with zero attached hydrogens (tertiary/aromatic N) is 24. The molecule has 0 saturated carbocycles. The molecule has 30 heteroatoms. The average Bonchev–Trinajstić information content (AvgIpc) is 1.43. The van der Waals surface area contributed by atoms with Crippen LogP contribution in [0.15, 0.2) is 147 Å². The van der Waals surface area contributed by atoms with Crippen LogP contribution in [-0.2, 0) is 28.2 Å². The van der Waals surface area contributed by atoms with Crippen molar-refractivity contribution in [2.24, 2.45) is 28.2 Å². The van der Waals surface area contributed by atoms with Crippen molar-refractivity contribution < 1.29 is 0 Å². The molecule has 0 aromatic carbocycles. The Morgan fingerprint density at radius 2 is 0.616 bits per heavy atom. The first-order valence-corrected chi connectivity index (χ1v) is 37.3. The lowest BCUT2D eigenvalue weighted by molar-refractivity contribution is 0.756. The van der Waals surface area contributed by atoms with E-state index in [1.807, 2.05) is 182 Å². The van der Waals surface area contributed by atoms with Crippen molar-refractivity contribution >= 4 is 114 Å². The van der Waals surface area contributed by atoms with Gasteiger partial charge in [0.1, 0.15) is 33.9 Å². The molecular formula is C82H86Cl2N28. The van der Waals surface area contributed by atoms with Gasteiger partial charge in [-0.3, -0.25) is 33.7 Å². The van der Waals surface area contributed by atoms with Gasteiger partial charge in [-0.05, 0) is 178 Å². The van der Waals surface area contributed by atoms with E-state index in [1.165, 1.54) is 0 Å². The van der Waals surface area contributed by atoms with Crippen LogP contribution in [0.2, 0.25) is 10.2 Å². The number of nitrogens with one attached hydrogen (secondary N) is 4. The maximum Gasteiger partial charge on any atom is 0.154 e. The van der Waals surface area contributed by atoms with E-state index < -0.39 is 0 Å². The predicted molar refractivity (Wildman–Crippen MR) is 443 cm³/mol. The number of fused-ring (bicyclic) bond motifs is 4. The molecule has 0 fully saturated rings. The molecule has 0 atom stereocenters. The lowest BCUT2D eigenvalue weighted by atomic mass is 10.0. The fourth-order valence-electron chi connectivity index (χ4n) is 12.6. The van der Waals surface area contributed by atoms with Gasteiger partial charge in [0.05, 0.1) is 91.2 Å². The van der Waals surface area contributed by atoms with Gasteiger partial charge < -0.3 is 21.3 Å². The molecule has 0 amide bonds. The van der Waals surface area contributed by atoms with E-state index in [2.05, 4.69) is 176 Å². The number of halogens is 2. The summed E-state index contributed by atoms with van der Waals surface area (Å²) in [5, 5.41) is 64.5. The minimum absolute atomic E-state index is 0.365. The summed E-state index contributed by atoms with van der Waals surface area (Å²) in [7, 11) is 7.61. The van der Waals surface area contributed by atoms with Crippen molar-refractivity contribution in [3.8, 4) is 44.5 Å². The fourth-order valence-corrected chi connectivity index (χ4v) is 13.2. The van der Waals surface area contributed by atoms with Gasteiger partial charge in [-0.25, -0.2) is 24.9 Å². The highest BCUT2D eigenvalue weighted by atomic mass is 35.5. The Kier molecular flexibility index (Phi) is 22.9. The number of hydrogen-bond acceptors (Lipinski definition) is 24. The Morgan fingerprint density at radius 3 is 1.00 bits per heavy atom. The summed E-state index contributed by atoms with van der Waals surface area (Å²) in [6.07, 6.45) is 18.7. The maximum absolute atomic E-state index is 6.70. The second kappa shape index (κ2) is 33.2. The topological polar surface area (TPSA) is 326 Å². The largest absolute Gasteiger partial charge is 0.323 e. The smallest absolute Gasteiger partial charge is 0.154 e. The van der Waals surface area contributed by atoms with Crippen LogP contribution in [0.3, 0.4) is 0 Å². The molecule has 112 heavy (non-hydrogen) atoms. The highest BCUT2D eigenvalue weighted by Crippen LogP contribution is 2.37. The molecular weight excluding hydrogens is 1450 g/mol. The molecule has 0 unspecified atom stereocenters. The van der Waals surface area contributed by atoms with E-state index in [-0.39, 0.29) is 0 Å². The summed E-state index contributed by atoms with van der Waals surface area (Å²) in [6.45, 7) is 29.0. The quantitative estimate of drug-likeness (QED) is 0.0653. The van der Waals surface area contributed by atoms with Gasteiger partial charge in [0.2, 0.25) is 0 Å². The first-order valence-electron chi connectivity index (χ1n) is 36.5. The van der Waals surface area contributed by atoms with Crippen molar-refractivity contribution in [3.63, 3.8) is 0 Å². The number of aromatic nitrogens is 24. The van der Waals surface area contributed by atoms with Gasteiger partial charge in [-0.1, -0.05) is 78.6 Å². The zero-order valence-corrected chi connectivity index (χ0v) is 67.2. The summed E-state index contributed by atoms with van der Waals surface area (Å²) in [5.74, 6) is 6.90. The number of pyridine rings is 8. The Morgan fingerprint density at radius 1 is 0.295 bits per heavy atom. The Labute approximate surface area is 657 Å². The summed E-state index contributed by atoms with van der Waals surface area (Å²) in [4.78, 5) is 37.2. The molecule has 568 valence electrons. The number of anilines is 8. The SMILES string of the molecule is Cc1nc2ccc(Nc3cc(C(C)C)cnn3)nc2cc1-c1cn(C)nc1C.Cc1nn(C)cc1-c1cc2nc(Nc3cc(C(C)C)cnn3)ccc2nc1Cl.Cc1nn(C)cc1-c1cnc2ccc(Nc3cc(C(C)C)cnn3)nc2c1C.Cc1nn(C)cc1-c1cnc2ccc(Nc3cc(C(C)C)cnn3)nc2c1Cl. The predicted octanol–water partition coefficient (Wildman–Crippen LogP) is 17.9. The molecule has 0 bridgehead atoms. The molecule has 0 radical (unpaired) electrons. The highest BCUT2D eigenvalue weighted by Gasteiger charge is 2.20. The van der Waals surface area contributed by atoms with Gasteiger partial charge in [0, 0.05) is 116 Å². The monoisotopic (exact) mass is 1530 g/mol. The van der Waals surface area contributed by atoms with Crippen molar-refractivity contribution in [1.82, 2.24) is 120 Å². The molecule has 0 aliphatic heterocycles. The van der Waals surface area contributed by atoms with Crippen LogP contribution >= 0.6 is 23.2 Å². The maximum atomic E-state index is 6.70. The number of hydrogen-bond donors (Lipinski definition) is 4. The van der Waals surface area contributed by atoms with E-state index >= 15 is 0 Å². The molecule has 0 spiro atoms. The normalized spacial score (nSPS) is 11.4. The zero-order valence-electron chi connectivity index (χ0n) is 65.7. The Bertz CT molecular complexity index is 5670. The van der Waals surface area contributed by atoms with Crippen molar-refractivity contribution in [2.45, 2.75) is 121 Å². The molecule has 16 aromatic heterocycles. The summed E-state index contributed by atoms with van der Waals surface area (Å²) in [6, 6.07) is 27.2. The fraction of sp³-hybridized carbons (Fsp3) is 0.268. The van der Waals surface area contributed by atoms with Crippen LogP contribution in [-0.4, -0.2) is 120 Å². The van der Waals surface area contributed by atoms with E-state index in [1.54, 1.807) is 40.3 Å². The number of rotatable bonds is 16. The van der Waals surface area contributed by atoms with E-state index in [0.29, 0.717) is 85.9 Å². The van der Waals surface area contributed by atoms with Crippen molar-refractivity contribution in [1.29, 1.82) is 0 Å². The molecule has 4 N–H and O–H groups in total. The van der Waals surface area contributed by atoms with Gasteiger partial charge in [0.25, 0.3) is 0 Å². The third-order valence-corrected chi connectivity index (χ3v) is 19.4. The highest BCUT2D eigenvalue weighted by molar-refractivity contribution is 6.37. The third kappa shape index (κ3) is 17.7. The molecule has 28 nitrogen and oxygen atoms in total. The van der Waals surface area contributed by atoms with Gasteiger partial charge in [-0.2, -0.15) is 40.8 Å². The third-order valence-electron chi connectivity index (χ3n) is 18.7. The molecule has 0 saturated heterocycles. The molecule has 16 heterocycles. The van der Waals surface area contributed by atoms with E-state index in [9.17, 15) is 0 Å². The second-order valence-electron chi connectivity index (χ2n) is 28.7. The Balaban J connectivity index is 0.000000131.